The molecule has 2 aliphatic heterocycles. The number of hydrogen-bond acceptors (Lipinski definition) is 10. The summed E-state index contributed by atoms with van der Waals surface area (Å²) in [5, 5.41) is 37.5. The minimum absolute atomic E-state index is 0.0215. The average Bonchev–Trinajstić information content (AvgIpc) is 3.40. The van der Waals surface area contributed by atoms with E-state index in [1.165, 1.54) is 0 Å². The summed E-state index contributed by atoms with van der Waals surface area (Å²) in [7, 11) is -5.91. The van der Waals surface area contributed by atoms with Gasteiger partial charge in [-0.25, -0.2) is 4.79 Å². The SMILES string of the molecule is CC1[C@H](O)C(O[Si](c2ccccc2)(c2ccccc2)C(C)(C)C)[C@H](c2ccccc2)O[C@@H]1CO.CCOC(=O)OC[C@H]1O[C@@H](c2ccccc2)C(O[Si](c2ccccc2)(c2ccccc2)C(C)(C)C)[C@@H](O)C1C. The second-order valence-corrected chi connectivity index (χ2v) is 29.9. The summed E-state index contributed by atoms with van der Waals surface area (Å²) < 4.78 is 38.1. The van der Waals surface area contributed by atoms with E-state index in [0.29, 0.717) is 0 Å². The summed E-state index contributed by atoms with van der Waals surface area (Å²) >= 11 is 0. The van der Waals surface area contributed by atoms with Gasteiger partial charge in [-0.3, -0.25) is 0 Å². The number of aliphatic hydroxyl groups is 3. The van der Waals surface area contributed by atoms with E-state index in [-0.39, 0.29) is 41.7 Å². The van der Waals surface area contributed by atoms with Crippen molar-refractivity contribution in [2.75, 3.05) is 19.8 Å². The second kappa shape index (κ2) is 24.4. The maximum Gasteiger partial charge on any atom is 0.508 e. The Labute approximate surface area is 435 Å². The summed E-state index contributed by atoms with van der Waals surface area (Å²) in [6, 6.07) is 61.4. The van der Waals surface area contributed by atoms with Gasteiger partial charge in [0, 0.05) is 11.8 Å². The molecule has 0 aromatic heterocycles. The molecule has 2 fully saturated rings. The number of benzene rings is 6. The van der Waals surface area contributed by atoms with Crippen molar-refractivity contribution in [3.05, 3.63) is 193 Å². The van der Waals surface area contributed by atoms with Crippen LogP contribution in [0.25, 0.3) is 0 Å². The van der Waals surface area contributed by atoms with Crippen LogP contribution in [0.15, 0.2) is 182 Å². The van der Waals surface area contributed by atoms with E-state index in [9.17, 15) is 20.1 Å². The fourth-order valence-electron chi connectivity index (χ4n) is 10.8. The Bertz CT molecular complexity index is 2500. The van der Waals surface area contributed by atoms with E-state index in [4.69, 9.17) is 27.8 Å². The Balaban J connectivity index is 0.000000216. The van der Waals surface area contributed by atoms with Gasteiger partial charge in [-0.2, -0.15) is 0 Å². The first-order chi connectivity index (χ1) is 35.0. The molecule has 0 bridgehead atoms. The third-order valence-electron chi connectivity index (χ3n) is 14.7. The molecular formula is C61H76O10Si2. The Morgan fingerprint density at radius 3 is 1.10 bits per heavy atom. The van der Waals surface area contributed by atoms with Gasteiger partial charge in [0.1, 0.15) is 31.0 Å². The molecule has 12 heteroatoms. The summed E-state index contributed by atoms with van der Waals surface area (Å²) in [5.74, 6) is -0.629. The molecule has 10 atom stereocenters. The molecule has 2 aliphatic rings. The monoisotopic (exact) mass is 1020 g/mol. The lowest BCUT2D eigenvalue weighted by Gasteiger charge is -2.51. The molecular weight excluding hydrogens is 949 g/mol. The molecule has 0 amide bonds. The Kier molecular flexibility index (Phi) is 18.5. The fourth-order valence-corrected chi connectivity index (χ4v) is 20.1. The minimum atomic E-state index is -3.00. The van der Waals surface area contributed by atoms with E-state index < -0.39 is 71.6 Å². The van der Waals surface area contributed by atoms with Gasteiger partial charge >= 0.3 is 6.16 Å². The van der Waals surface area contributed by atoms with Crippen molar-refractivity contribution in [1.29, 1.82) is 0 Å². The van der Waals surface area contributed by atoms with Crippen molar-refractivity contribution in [2.45, 2.75) is 121 Å². The molecule has 0 spiro atoms. The summed E-state index contributed by atoms with van der Waals surface area (Å²) in [4.78, 5) is 11.9. The van der Waals surface area contributed by atoms with Crippen molar-refractivity contribution >= 4 is 43.5 Å². The first-order valence-corrected chi connectivity index (χ1v) is 29.5. The number of aliphatic hydroxyl groups excluding tert-OH is 3. The molecule has 8 rings (SSSR count). The summed E-state index contributed by atoms with van der Waals surface area (Å²) in [6.07, 6.45) is -5.73. The van der Waals surface area contributed by atoms with Crippen LogP contribution in [0.1, 0.15) is 85.6 Å². The quantitative estimate of drug-likeness (QED) is 0.0717. The predicted molar refractivity (Wildman–Crippen MR) is 294 cm³/mol. The number of carbonyl (C=O) groups excluding carboxylic acids is 1. The predicted octanol–water partition coefficient (Wildman–Crippen LogP) is 9.30. The largest absolute Gasteiger partial charge is 0.508 e. The van der Waals surface area contributed by atoms with Crippen LogP contribution in [0.5, 0.6) is 0 Å². The third kappa shape index (κ3) is 12.0. The van der Waals surface area contributed by atoms with Gasteiger partial charge in [0.25, 0.3) is 16.6 Å². The van der Waals surface area contributed by atoms with Gasteiger partial charge in [0.2, 0.25) is 0 Å². The maximum absolute atomic E-state index is 11.9. The van der Waals surface area contributed by atoms with E-state index in [1.54, 1.807) is 6.92 Å². The lowest BCUT2D eigenvalue weighted by molar-refractivity contribution is -0.203. The third-order valence-corrected chi connectivity index (χ3v) is 24.7. The molecule has 0 aliphatic carbocycles. The summed E-state index contributed by atoms with van der Waals surface area (Å²) in [6.45, 7) is 18.9. The minimum Gasteiger partial charge on any atom is -0.435 e. The molecule has 73 heavy (non-hydrogen) atoms. The van der Waals surface area contributed by atoms with Crippen molar-refractivity contribution in [3.63, 3.8) is 0 Å². The lowest BCUT2D eigenvalue weighted by Crippen LogP contribution is -2.70. The lowest BCUT2D eigenvalue weighted by atomic mass is 9.86. The maximum atomic E-state index is 11.9. The standard InChI is InChI=1S/C32H40O6Si.C29H36O4Si/c1-6-35-31(34)36-22-27-23(2)28(33)30(29(37-27)24-16-10-7-11-17-24)38-39(32(3,4)5,25-18-12-8-13-19-25)26-20-14-9-15-21-26;1-21-25(20-30)32-27(22-14-8-5-9-15-22)28(26(21)31)33-34(29(2,3)4,23-16-10-6-11-17-23)24-18-12-7-13-19-24/h7-21,23,27-30,33H,6,22H2,1-5H3;5-19,21,25-28,30-31H,20H2,1-4H3/t23?,27-,28+,29+,30?;21?,25-,26+,27+,28?/m11/s1. The fraction of sp³-hybridized carbons (Fsp3) is 0.393. The second-order valence-electron chi connectivity index (χ2n) is 21.4. The van der Waals surface area contributed by atoms with Crippen molar-refractivity contribution in [1.82, 2.24) is 0 Å². The number of rotatable bonds is 14. The highest BCUT2D eigenvalue weighted by molar-refractivity contribution is 7.00. The smallest absolute Gasteiger partial charge is 0.435 e. The molecule has 3 N–H and O–H groups in total. The first kappa shape index (κ1) is 55.5. The van der Waals surface area contributed by atoms with E-state index in [1.807, 2.05) is 123 Å². The van der Waals surface area contributed by atoms with Gasteiger partial charge < -0.3 is 43.1 Å². The van der Waals surface area contributed by atoms with Gasteiger partial charge in [-0.1, -0.05) is 237 Å². The highest BCUT2D eigenvalue weighted by atomic mass is 28.4. The zero-order valence-electron chi connectivity index (χ0n) is 43.9. The van der Waals surface area contributed by atoms with Crippen molar-refractivity contribution in [3.8, 4) is 0 Å². The molecule has 2 saturated heterocycles. The number of hydrogen-bond donors (Lipinski definition) is 3. The normalized spacial score (nSPS) is 24.7. The van der Waals surface area contributed by atoms with Crippen LogP contribution in [-0.4, -0.2) is 94.6 Å². The molecule has 388 valence electrons. The van der Waals surface area contributed by atoms with Crippen LogP contribution in [0, 0.1) is 11.8 Å². The van der Waals surface area contributed by atoms with Gasteiger partial charge in [-0.15, -0.1) is 0 Å². The summed E-state index contributed by atoms with van der Waals surface area (Å²) in [5.41, 5.74) is 1.84. The van der Waals surface area contributed by atoms with Crippen LogP contribution in [0.3, 0.4) is 0 Å². The first-order valence-electron chi connectivity index (χ1n) is 25.7. The van der Waals surface area contributed by atoms with E-state index in [0.717, 1.165) is 31.9 Å². The molecule has 6 aromatic rings. The zero-order valence-corrected chi connectivity index (χ0v) is 45.9. The molecule has 0 saturated carbocycles. The molecule has 0 radical (unpaired) electrons. The van der Waals surface area contributed by atoms with Crippen molar-refractivity contribution in [2.24, 2.45) is 11.8 Å². The Hall–Kier alpha value is -5.26. The molecule has 10 nitrogen and oxygen atoms in total. The van der Waals surface area contributed by atoms with Crippen LogP contribution < -0.4 is 20.7 Å². The van der Waals surface area contributed by atoms with E-state index in [2.05, 4.69) is 114 Å². The topological polar surface area (TPSA) is 133 Å². The van der Waals surface area contributed by atoms with Gasteiger partial charge in [0.15, 0.2) is 0 Å². The Morgan fingerprint density at radius 1 is 0.493 bits per heavy atom. The van der Waals surface area contributed by atoms with Gasteiger partial charge in [-0.05, 0) is 48.9 Å². The van der Waals surface area contributed by atoms with Crippen LogP contribution in [0.4, 0.5) is 4.79 Å². The number of ether oxygens (including phenoxy) is 4. The average molecular weight is 1030 g/mol. The Morgan fingerprint density at radius 2 is 0.795 bits per heavy atom. The molecule has 6 aromatic carbocycles. The van der Waals surface area contributed by atoms with Crippen LogP contribution in [0.2, 0.25) is 10.1 Å². The zero-order chi connectivity index (χ0) is 52.4. The van der Waals surface area contributed by atoms with Gasteiger partial charge in [0.05, 0.1) is 37.6 Å². The molecule has 4 unspecified atom stereocenters. The highest BCUT2D eigenvalue weighted by Gasteiger charge is 2.57. The van der Waals surface area contributed by atoms with E-state index >= 15 is 0 Å². The highest BCUT2D eigenvalue weighted by Crippen LogP contribution is 2.46. The van der Waals surface area contributed by atoms with Crippen molar-refractivity contribution < 1.29 is 47.9 Å². The van der Waals surface area contributed by atoms with Crippen LogP contribution >= 0.6 is 0 Å². The number of carbonyl (C=O) groups is 1. The van der Waals surface area contributed by atoms with Crippen LogP contribution in [-0.2, 0) is 27.8 Å². The molecule has 2 heterocycles.